The molecule has 0 saturated heterocycles. The van der Waals surface area contributed by atoms with E-state index in [1.165, 1.54) is 6.26 Å². The van der Waals surface area contributed by atoms with Crippen LogP contribution in [0.1, 0.15) is 30.8 Å². The van der Waals surface area contributed by atoms with E-state index in [4.69, 9.17) is 19.2 Å². The number of nitrogens with zero attached hydrogens (tertiary/aromatic N) is 2. The maximum Gasteiger partial charge on any atom is 0.273 e. The third-order valence-corrected chi connectivity index (χ3v) is 4.03. The molecule has 1 aromatic heterocycles. The second-order valence-electron chi connectivity index (χ2n) is 6.64. The number of aromatic nitrogens is 1. The summed E-state index contributed by atoms with van der Waals surface area (Å²) in [7, 11) is 0. The Morgan fingerprint density at radius 2 is 2.07 bits per heavy atom. The third kappa shape index (κ3) is 4.40. The van der Waals surface area contributed by atoms with E-state index in [0.717, 1.165) is 0 Å². The first-order valence-electron chi connectivity index (χ1n) is 8.79. The van der Waals surface area contributed by atoms with Gasteiger partial charge in [0.05, 0.1) is 6.07 Å². The predicted molar refractivity (Wildman–Crippen MR) is 97.4 cm³/mol. The topological polar surface area (TPSA) is 126 Å². The lowest BCUT2D eigenvalue weighted by Gasteiger charge is -2.18. The van der Waals surface area contributed by atoms with Crippen molar-refractivity contribution in [3.05, 3.63) is 30.2 Å². The first-order chi connectivity index (χ1) is 13.5. The van der Waals surface area contributed by atoms with Crippen molar-refractivity contribution in [2.75, 3.05) is 13.3 Å². The summed E-state index contributed by atoms with van der Waals surface area (Å²) in [5, 5.41) is 13.7. The van der Waals surface area contributed by atoms with Crippen LogP contribution in [0.15, 0.2) is 28.9 Å². The van der Waals surface area contributed by atoms with Crippen LogP contribution in [-0.4, -0.2) is 36.2 Å². The number of rotatable bonds is 7. The zero-order valence-electron chi connectivity index (χ0n) is 15.5. The van der Waals surface area contributed by atoms with Gasteiger partial charge in [-0.3, -0.25) is 9.59 Å². The molecule has 146 valence electrons. The van der Waals surface area contributed by atoms with Crippen LogP contribution in [-0.2, 0) is 4.79 Å². The van der Waals surface area contributed by atoms with Crippen LogP contribution < -0.4 is 20.1 Å². The van der Waals surface area contributed by atoms with Crippen molar-refractivity contribution in [3.8, 4) is 29.0 Å². The van der Waals surface area contributed by atoms with E-state index in [-0.39, 0.29) is 30.8 Å². The van der Waals surface area contributed by atoms with Crippen molar-refractivity contribution in [2.45, 2.75) is 26.3 Å². The summed E-state index contributed by atoms with van der Waals surface area (Å²) in [6.07, 6.45) is 1.66. The highest BCUT2D eigenvalue weighted by Gasteiger charge is 2.24. The first-order valence-corrected chi connectivity index (χ1v) is 8.79. The number of carbonyl (C=O) groups excluding carboxylic acids is 2. The molecule has 2 aromatic rings. The number of benzene rings is 1. The Hall–Kier alpha value is -3.54. The molecular formula is C19H20N4O5. The highest BCUT2D eigenvalue weighted by Crippen LogP contribution is 2.35. The average molecular weight is 384 g/mol. The molecule has 28 heavy (non-hydrogen) atoms. The van der Waals surface area contributed by atoms with Gasteiger partial charge in [-0.2, -0.15) is 5.26 Å². The first kappa shape index (κ1) is 19.2. The van der Waals surface area contributed by atoms with Gasteiger partial charge in [0, 0.05) is 5.56 Å². The summed E-state index contributed by atoms with van der Waals surface area (Å²) in [5.41, 5.74) is 0.684. The minimum absolute atomic E-state index is 0.0505. The molecule has 0 bridgehead atoms. The van der Waals surface area contributed by atoms with Crippen LogP contribution in [0.2, 0.25) is 0 Å². The van der Waals surface area contributed by atoms with Gasteiger partial charge in [0.1, 0.15) is 18.8 Å². The van der Waals surface area contributed by atoms with Crippen molar-refractivity contribution in [3.63, 3.8) is 0 Å². The van der Waals surface area contributed by atoms with Gasteiger partial charge < -0.3 is 24.5 Å². The monoisotopic (exact) mass is 384 g/mol. The SMILES string of the molecule is CC(C)C[C@H](NC(=O)c1coc(-c2ccc3c(c2)OCO3)n1)C(=O)NCC#N. The Balaban J connectivity index is 1.71. The molecular weight excluding hydrogens is 364 g/mol. The zero-order valence-corrected chi connectivity index (χ0v) is 15.5. The lowest BCUT2D eigenvalue weighted by Crippen LogP contribution is -2.47. The fourth-order valence-electron chi connectivity index (χ4n) is 2.73. The summed E-state index contributed by atoms with van der Waals surface area (Å²) in [4.78, 5) is 28.9. The minimum Gasteiger partial charge on any atom is -0.454 e. The number of oxazole rings is 1. The molecule has 0 saturated carbocycles. The van der Waals surface area contributed by atoms with E-state index in [2.05, 4.69) is 15.6 Å². The molecule has 0 radical (unpaired) electrons. The Bertz CT molecular complexity index is 915. The molecule has 2 N–H and O–H groups in total. The standard InChI is InChI=1S/C19H20N4O5/c1-11(2)7-13(17(24)21-6-5-20)22-18(25)14-9-26-19(23-14)12-3-4-15-16(8-12)28-10-27-15/h3-4,8-9,11,13H,6-7,10H2,1-2H3,(H,21,24)(H,22,25)/t13-/m0/s1. The van der Waals surface area contributed by atoms with Crippen molar-refractivity contribution in [1.29, 1.82) is 5.26 Å². The lowest BCUT2D eigenvalue weighted by atomic mass is 10.0. The quantitative estimate of drug-likeness (QED) is 0.698. The number of nitrogens with one attached hydrogen (secondary N) is 2. The van der Waals surface area contributed by atoms with Gasteiger partial charge in [0.25, 0.3) is 5.91 Å². The average Bonchev–Trinajstić information content (AvgIpc) is 3.33. The van der Waals surface area contributed by atoms with E-state index >= 15 is 0 Å². The Labute approximate surface area is 161 Å². The molecule has 9 heteroatoms. The van der Waals surface area contributed by atoms with Crippen LogP contribution in [0, 0.1) is 17.2 Å². The van der Waals surface area contributed by atoms with Gasteiger partial charge in [-0.15, -0.1) is 0 Å². The van der Waals surface area contributed by atoms with Gasteiger partial charge in [0.2, 0.25) is 18.6 Å². The number of nitriles is 1. The Kier molecular flexibility index (Phi) is 5.79. The Morgan fingerprint density at radius 1 is 1.29 bits per heavy atom. The largest absolute Gasteiger partial charge is 0.454 e. The van der Waals surface area contributed by atoms with Gasteiger partial charge in [-0.1, -0.05) is 13.8 Å². The summed E-state index contributed by atoms with van der Waals surface area (Å²) < 4.78 is 16.0. The van der Waals surface area contributed by atoms with Gasteiger partial charge in [-0.25, -0.2) is 4.98 Å². The zero-order chi connectivity index (χ0) is 20.1. The van der Waals surface area contributed by atoms with E-state index in [1.54, 1.807) is 18.2 Å². The molecule has 0 spiro atoms. The Morgan fingerprint density at radius 3 is 2.82 bits per heavy atom. The van der Waals surface area contributed by atoms with Crippen molar-refractivity contribution < 1.29 is 23.5 Å². The number of hydrogen-bond acceptors (Lipinski definition) is 7. The predicted octanol–water partition coefficient (Wildman–Crippen LogP) is 1.85. The molecule has 0 aliphatic carbocycles. The fourth-order valence-corrected chi connectivity index (χ4v) is 2.73. The normalized spacial score (nSPS) is 13.1. The minimum atomic E-state index is -0.772. The molecule has 1 atom stereocenters. The smallest absolute Gasteiger partial charge is 0.273 e. The lowest BCUT2D eigenvalue weighted by molar-refractivity contribution is -0.123. The van der Waals surface area contributed by atoms with Crippen LogP contribution in [0.25, 0.3) is 11.5 Å². The molecule has 3 rings (SSSR count). The van der Waals surface area contributed by atoms with E-state index < -0.39 is 17.9 Å². The van der Waals surface area contributed by atoms with Gasteiger partial charge >= 0.3 is 0 Å². The maximum absolute atomic E-state index is 12.5. The fraction of sp³-hybridized carbons (Fsp3) is 0.368. The molecule has 9 nitrogen and oxygen atoms in total. The van der Waals surface area contributed by atoms with Gasteiger partial charge in [0.15, 0.2) is 17.2 Å². The third-order valence-electron chi connectivity index (χ3n) is 4.03. The van der Waals surface area contributed by atoms with E-state index in [1.807, 2.05) is 19.9 Å². The molecule has 1 aliphatic heterocycles. The van der Waals surface area contributed by atoms with Gasteiger partial charge in [-0.05, 0) is 30.5 Å². The van der Waals surface area contributed by atoms with Crippen LogP contribution in [0.5, 0.6) is 11.5 Å². The molecule has 1 aliphatic rings. The molecule has 1 aromatic carbocycles. The summed E-state index contributed by atoms with van der Waals surface area (Å²) in [5.74, 6) is 0.676. The van der Waals surface area contributed by atoms with Crippen molar-refractivity contribution in [1.82, 2.24) is 15.6 Å². The molecule has 0 fully saturated rings. The van der Waals surface area contributed by atoms with Crippen LogP contribution in [0.4, 0.5) is 0 Å². The maximum atomic E-state index is 12.5. The highest BCUT2D eigenvalue weighted by molar-refractivity contribution is 5.96. The molecule has 0 unspecified atom stereocenters. The summed E-state index contributed by atoms with van der Waals surface area (Å²) >= 11 is 0. The number of carbonyl (C=O) groups is 2. The number of fused-ring (bicyclic) bond motifs is 1. The second-order valence-corrected chi connectivity index (χ2v) is 6.64. The van der Waals surface area contributed by atoms with Crippen LogP contribution >= 0.6 is 0 Å². The van der Waals surface area contributed by atoms with E-state index in [9.17, 15) is 9.59 Å². The number of ether oxygens (including phenoxy) is 2. The number of amides is 2. The molecule has 2 heterocycles. The molecule has 2 amide bonds. The van der Waals surface area contributed by atoms with E-state index in [0.29, 0.717) is 23.5 Å². The highest BCUT2D eigenvalue weighted by atomic mass is 16.7. The summed E-state index contributed by atoms with van der Waals surface area (Å²) in [6, 6.07) is 6.27. The van der Waals surface area contributed by atoms with Crippen molar-refractivity contribution >= 4 is 11.8 Å². The van der Waals surface area contributed by atoms with Crippen molar-refractivity contribution in [2.24, 2.45) is 5.92 Å². The summed E-state index contributed by atoms with van der Waals surface area (Å²) in [6.45, 7) is 3.90. The number of hydrogen-bond donors (Lipinski definition) is 2. The second kappa shape index (κ2) is 8.43. The van der Waals surface area contributed by atoms with Crippen LogP contribution in [0.3, 0.4) is 0 Å².